The van der Waals surface area contributed by atoms with Crippen LogP contribution in [0.15, 0.2) is 0 Å². The summed E-state index contributed by atoms with van der Waals surface area (Å²) in [7, 11) is 0. The van der Waals surface area contributed by atoms with Crippen molar-refractivity contribution in [3.8, 4) is 0 Å². The fourth-order valence-corrected chi connectivity index (χ4v) is 4.46. The number of nitrogens with zero attached hydrogens (tertiary/aromatic N) is 1. The number of nitrogens with one attached hydrogen (secondary N) is 1. The molecule has 0 radical (unpaired) electrons. The first-order chi connectivity index (χ1) is 8.96. The maximum absolute atomic E-state index is 12.6. The molecule has 0 aromatic carbocycles. The Morgan fingerprint density at radius 3 is 2.37 bits per heavy atom. The van der Waals surface area contributed by atoms with Gasteiger partial charge >= 0.3 is 0 Å². The summed E-state index contributed by atoms with van der Waals surface area (Å²) in [5.74, 6) is 1.11. The minimum Gasteiger partial charge on any atom is -0.325 e. The van der Waals surface area contributed by atoms with E-state index in [-0.39, 0.29) is 11.7 Å². The molecule has 3 nitrogen and oxygen atoms in total. The molecule has 108 valence electrons. The van der Waals surface area contributed by atoms with Crippen LogP contribution in [-0.2, 0) is 4.79 Å². The molecule has 0 aromatic rings. The summed E-state index contributed by atoms with van der Waals surface area (Å²) >= 11 is 0. The van der Waals surface area contributed by atoms with Crippen LogP contribution in [-0.4, -0.2) is 29.1 Å². The smallest absolute Gasteiger partial charge is 0.244 e. The molecule has 3 fully saturated rings. The largest absolute Gasteiger partial charge is 0.325 e. The van der Waals surface area contributed by atoms with Gasteiger partial charge in [0.1, 0.15) is 0 Å². The van der Waals surface area contributed by atoms with Crippen LogP contribution in [0.3, 0.4) is 0 Å². The van der Waals surface area contributed by atoms with E-state index >= 15 is 0 Å². The minimum atomic E-state index is -0.142. The van der Waals surface area contributed by atoms with Gasteiger partial charge in [-0.2, -0.15) is 0 Å². The fraction of sp³-hybridized carbons (Fsp3) is 0.938. The first-order valence-corrected chi connectivity index (χ1v) is 8.05. The molecular weight excluding hydrogens is 236 g/mol. The highest BCUT2D eigenvalue weighted by Gasteiger charge is 2.59. The van der Waals surface area contributed by atoms with Crippen molar-refractivity contribution in [3.63, 3.8) is 0 Å². The van der Waals surface area contributed by atoms with E-state index in [1.54, 1.807) is 0 Å². The van der Waals surface area contributed by atoms with E-state index in [9.17, 15) is 4.79 Å². The van der Waals surface area contributed by atoms with Crippen molar-refractivity contribution in [3.05, 3.63) is 0 Å². The molecule has 1 aliphatic heterocycles. The Hall–Kier alpha value is -0.570. The number of hydrogen-bond acceptors (Lipinski definition) is 2. The van der Waals surface area contributed by atoms with E-state index in [1.807, 2.05) is 0 Å². The van der Waals surface area contributed by atoms with Crippen molar-refractivity contribution in [2.75, 3.05) is 6.54 Å². The Morgan fingerprint density at radius 2 is 1.89 bits per heavy atom. The topological polar surface area (TPSA) is 32.3 Å². The van der Waals surface area contributed by atoms with E-state index in [2.05, 4.69) is 31.0 Å². The lowest BCUT2D eigenvalue weighted by atomic mass is 9.78. The van der Waals surface area contributed by atoms with E-state index in [0.29, 0.717) is 11.3 Å². The molecule has 2 aliphatic carbocycles. The van der Waals surface area contributed by atoms with Gasteiger partial charge in [-0.25, -0.2) is 0 Å². The Balaban J connectivity index is 1.73. The first-order valence-electron chi connectivity index (χ1n) is 8.05. The molecule has 1 unspecified atom stereocenters. The van der Waals surface area contributed by atoms with Gasteiger partial charge in [-0.3, -0.25) is 10.1 Å². The van der Waals surface area contributed by atoms with Gasteiger partial charge in [0.15, 0.2) is 0 Å². The maximum atomic E-state index is 12.6. The maximum Gasteiger partial charge on any atom is 0.244 e. The lowest BCUT2D eigenvalue weighted by molar-refractivity contribution is -0.132. The second-order valence-electron chi connectivity index (χ2n) is 7.64. The van der Waals surface area contributed by atoms with Gasteiger partial charge in [-0.05, 0) is 50.4 Å². The van der Waals surface area contributed by atoms with E-state index in [4.69, 9.17) is 0 Å². The van der Waals surface area contributed by atoms with Crippen molar-refractivity contribution < 1.29 is 4.79 Å². The van der Waals surface area contributed by atoms with Crippen molar-refractivity contribution in [1.29, 1.82) is 0 Å². The summed E-state index contributed by atoms with van der Waals surface area (Å²) in [4.78, 5) is 14.7. The molecular formula is C16H28N2O. The summed E-state index contributed by atoms with van der Waals surface area (Å²) in [5.41, 5.74) is 0.261. The van der Waals surface area contributed by atoms with Gasteiger partial charge in [-0.15, -0.1) is 0 Å². The molecule has 1 heterocycles. The molecule has 1 saturated heterocycles. The van der Waals surface area contributed by atoms with E-state index < -0.39 is 0 Å². The van der Waals surface area contributed by atoms with Gasteiger partial charge in [0.2, 0.25) is 5.91 Å². The third kappa shape index (κ3) is 2.31. The van der Waals surface area contributed by atoms with Gasteiger partial charge < -0.3 is 4.90 Å². The zero-order chi connectivity index (χ0) is 13.7. The van der Waals surface area contributed by atoms with Crippen molar-refractivity contribution >= 4 is 5.91 Å². The van der Waals surface area contributed by atoms with Gasteiger partial charge in [0, 0.05) is 6.54 Å². The monoisotopic (exact) mass is 264 g/mol. The predicted octanol–water partition coefficient (Wildman–Crippen LogP) is 2.90. The summed E-state index contributed by atoms with van der Waals surface area (Å²) in [6.45, 7) is 7.77. The second-order valence-corrected chi connectivity index (χ2v) is 7.64. The molecule has 3 heteroatoms. The van der Waals surface area contributed by atoms with Crippen molar-refractivity contribution in [1.82, 2.24) is 10.2 Å². The lowest BCUT2D eigenvalue weighted by Crippen LogP contribution is -2.43. The molecule has 1 atom stereocenters. The van der Waals surface area contributed by atoms with Crippen LogP contribution in [0.1, 0.15) is 65.7 Å². The third-order valence-corrected chi connectivity index (χ3v) is 5.38. The molecule has 1 amide bonds. The summed E-state index contributed by atoms with van der Waals surface area (Å²) in [6.07, 6.45) is 8.93. The molecule has 3 rings (SSSR count). The lowest BCUT2D eigenvalue weighted by Gasteiger charge is -2.36. The highest BCUT2D eigenvalue weighted by molar-refractivity contribution is 5.91. The van der Waals surface area contributed by atoms with Crippen molar-refractivity contribution in [2.45, 2.75) is 77.4 Å². The summed E-state index contributed by atoms with van der Waals surface area (Å²) in [5, 5.41) is 3.52. The number of amides is 1. The minimum absolute atomic E-state index is 0.142. The Morgan fingerprint density at radius 1 is 1.26 bits per heavy atom. The highest BCUT2D eigenvalue weighted by Crippen LogP contribution is 2.47. The van der Waals surface area contributed by atoms with Crippen LogP contribution in [0.4, 0.5) is 0 Å². The average molecular weight is 264 g/mol. The summed E-state index contributed by atoms with van der Waals surface area (Å²) < 4.78 is 0. The van der Waals surface area contributed by atoms with Gasteiger partial charge in [0.05, 0.1) is 11.7 Å². The fourth-order valence-electron chi connectivity index (χ4n) is 4.46. The quantitative estimate of drug-likeness (QED) is 0.847. The molecule has 3 aliphatic rings. The number of carbonyl (C=O) groups is 1. The van der Waals surface area contributed by atoms with Crippen LogP contribution >= 0.6 is 0 Å². The van der Waals surface area contributed by atoms with Gasteiger partial charge in [-0.1, -0.05) is 26.7 Å². The number of hydrogen-bond donors (Lipinski definition) is 1. The molecule has 1 N–H and O–H groups in total. The van der Waals surface area contributed by atoms with Crippen molar-refractivity contribution in [2.24, 2.45) is 11.3 Å². The molecule has 0 bridgehead atoms. The summed E-state index contributed by atoms with van der Waals surface area (Å²) in [6, 6.07) is 0. The van der Waals surface area contributed by atoms with Gasteiger partial charge in [0.25, 0.3) is 0 Å². The Bertz CT molecular complexity index is 367. The molecule has 0 aromatic heterocycles. The zero-order valence-electron chi connectivity index (χ0n) is 12.7. The number of carbonyl (C=O) groups excluding carboxylic acids is 1. The number of rotatable bonds is 4. The molecule has 19 heavy (non-hydrogen) atoms. The van der Waals surface area contributed by atoms with Crippen LogP contribution in [0.5, 0.6) is 0 Å². The standard InChI is InChI=1S/C16H28N2O/c1-12(2)10-15(6-4-5-7-15)11-18-13(3)17-16(8-9-16)14(18)19/h12-13,17H,4-11H2,1-3H3. The van der Waals surface area contributed by atoms with E-state index in [0.717, 1.165) is 25.3 Å². The Labute approximate surface area is 117 Å². The second kappa shape index (κ2) is 4.47. The molecule has 1 spiro atoms. The average Bonchev–Trinajstić information content (AvgIpc) is 2.91. The van der Waals surface area contributed by atoms with E-state index in [1.165, 1.54) is 32.1 Å². The zero-order valence-corrected chi connectivity index (χ0v) is 12.7. The SMILES string of the molecule is CC(C)CC1(CN2C(=O)C3(CC3)NC2C)CCCC1. The van der Waals surface area contributed by atoms with Crippen LogP contribution in [0, 0.1) is 11.3 Å². The molecule has 2 saturated carbocycles. The van der Waals surface area contributed by atoms with Crippen LogP contribution < -0.4 is 5.32 Å². The van der Waals surface area contributed by atoms with Crippen LogP contribution in [0.25, 0.3) is 0 Å². The third-order valence-electron chi connectivity index (χ3n) is 5.38. The highest BCUT2D eigenvalue weighted by atomic mass is 16.2. The first kappa shape index (κ1) is 13.4. The normalized spacial score (nSPS) is 31.7. The predicted molar refractivity (Wildman–Crippen MR) is 76.6 cm³/mol. The van der Waals surface area contributed by atoms with Crippen LogP contribution in [0.2, 0.25) is 0 Å². The Kier molecular flexibility index (Phi) is 3.16.